The second kappa shape index (κ2) is 9.43. The molecule has 0 saturated heterocycles. The lowest BCUT2D eigenvalue weighted by Gasteiger charge is -2.13. The number of carbonyl (C=O) groups is 2. The zero-order valence-electron chi connectivity index (χ0n) is 13.2. The van der Waals surface area contributed by atoms with Crippen molar-refractivity contribution in [2.75, 3.05) is 18.5 Å². The average Bonchev–Trinajstić information content (AvgIpc) is 2.43. The van der Waals surface area contributed by atoms with Gasteiger partial charge in [-0.3, -0.25) is 9.59 Å². The second-order valence-electron chi connectivity index (χ2n) is 5.17. The molecule has 0 unspecified atom stereocenters. The van der Waals surface area contributed by atoms with Gasteiger partial charge in [0.1, 0.15) is 0 Å². The summed E-state index contributed by atoms with van der Waals surface area (Å²) in [5, 5.41) is 6.01. The van der Waals surface area contributed by atoms with Gasteiger partial charge in [0.2, 0.25) is 5.91 Å². The Morgan fingerprint density at radius 2 is 2.05 bits per heavy atom. The predicted octanol–water partition coefficient (Wildman–Crippen LogP) is 3.23. The minimum Gasteiger partial charge on any atom is -0.382 e. The first-order valence-corrected chi connectivity index (χ1v) is 7.79. The van der Waals surface area contributed by atoms with Crippen molar-refractivity contribution in [2.45, 2.75) is 39.7 Å². The van der Waals surface area contributed by atoms with E-state index in [2.05, 4.69) is 10.6 Å². The minimum atomic E-state index is -0.240. The van der Waals surface area contributed by atoms with Crippen molar-refractivity contribution in [1.82, 2.24) is 5.32 Å². The zero-order valence-corrected chi connectivity index (χ0v) is 14.0. The Balaban J connectivity index is 2.73. The van der Waals surface area contributed by atoms with Crippen LogP contribution in [0.1, 0.15) is 44.0 Å². The Morgan fingerprint density at radius 3 is 2.68 bits per heavy atom. The molecule has 2 amide bonds. The highest BCUT2D eigenvalue weighted by Gasteiger charge is 2.14. The summed E-state index contributed by atoms with van der Waals surface area (Å²) in [5.74, 6) is -0.406. The third-order valence-electron chi connectivity index (χ3n) is 2.82. The van der Waals surface area contributed by atoms with E-state index in [4.69, 9.17) is 16.3 Å². The van der Waals surface area contributed by atoms with Gasteiger partial charge in [0.15, 0.2) is 0 Å². The van der Waals surface area contributed by atoms with Crippen LogP contribution < -0.4 is 10.6 Å². The van der Waals surface area contributed by atoms with Gasteiger partial charge in [-0.1, -0.05) is 11.6 Å². The minimum absolute atomic E-state index is 0.0120. The number of nitrogens with one attached hydrogen (secondary N) is 2. The summed E-state index contributed by atoms with van der Waals surface area (Å²) >= 11 is 5.95. The van der Waals surface area contributed by atoms with Gasteiger partial charge in [-0.2, -0.15) is 0 Å². The summed E-state index contributed by atoms with van der Waals surface area (Å²) in [7, 11) is 0. The molecule has 0 bridgehead atoms. The summed E-state index contributed by atoms with van der Waals surface area (Å²) in [5.41, 5.74) is 0.823. The van der Waals surface area contributed by atoms with Crippen molar-refractivity contribution in [2.24, 2.45) is 0 Å². The van der Waals surface area contributed by atoms with Crippen LogP contribution in [0.4, 0.5) is 5.69 Å². The normalized spacial score (nSPS) is 10.6. The molecule has 5 nitrogen and oxygen atoms in total. The fourth-order valence-electron chi connectivity index (χ4n) is 1.85. The van der Waals surface area contributed by atoms with Crippen molar-refractivity contribution in [3.63, 3.8) is 0 Å². The molecule has 1 aromatic rings. The van der Waals surface area contributed by atoms with Crippen LogP contribution >= 0.6 is 11.6 Å². The van der Waals surface area contributed by atoms with Crippen LogP contribution in [0.15, 0.2) is 18.2 Å². The molecule has 22 heavy (non-hydrogen) atoms. The van der Waals surface area contributed by atoms with Gasteiger partial charge >= 0.3 is 0 Å². The molecule has 6 heteroatoms. The van der Waals surface area contributed by atoms with E-state index in [1.54, 1.807) is 18.2 Å². The molecule has 0 heterocycles. The van der Waals surface area contributed by atoms with E-state index in [0.29, 0.717) is 42.3 Å². The first-order valence-electron chi connectivity index (χ1n) is 7.42. The molecule has 122 valence electrons. The first kappa shape index (κ1) is 18.5. The van der Waals surface area contributed by atoms with E-state index >= 15 is 0 Å². The molecular weight excluding hydrogens is 304 g/mol. The Morgan fingerprint density at radius 1 is 1.32 bits per heavy atom. The fourth-order valence-corrected chi connectivity index (χ4v) is 2.02. The predicted molar refractivity (Wildman–Crippen MR) is 88.4 cm³/mol. The maximum absolute atomic E-state index is 12.1. The number of hydrogen-bond acceptors (Lipinski definition) is 3. The Labute approximate surface area is 136 Å². The first-order chi connectivity index (χ1) is 10.4. The van der Waals surface area contributed by atoms with Crippen molar-refractivity contribution in [3.05, 3.63) is 28.8 Å². The summed E-state index contributed by atoms with van der Waals surface area (Å²) in [4.78, 5) is 24.1. The van der Waals surface area contributed by atoms with E-state index in [1.807, 2.05) is 20.8 Å². The van der Waals surface area contributed by atoms with E-state index < -0.39 is 0 Å². The number of ether oxygens (including phenoxy) is 1. The lowest BCUT2D eigenvalue weighted by Crippen LogP contribution is -2.31. The molecular formula is C16H23ClN2O3. The maximum atomic E-state index is 12.1. The van der Waals surface area contributed by atoms with Crippen LogP contribution in [0.5, 0.6) is 0 Å². The average molecular weight is 327 g/mol. The number of rotatable bonds is 8. The molecule has 0 aliphatic carbocycles. The Hall–Kier alpha value is -1.59. The van der Waals surface area contributed by atoms with Gasteiger partial charge in [0.05, 0.1) is 11.3 Å². The summed E-state index contributed by atoms with van der Waals surface area (Å²) in [6, 6.07) is 4.83. The molecule has 0 aromatic heterocycles. The number of carbonyl (C=O) groups excluding carboxylic acids is 2. The number of hydrogen-bond donors (Lipinski definition) is 2. The maximum Gasteiger partial charge on any atom is 0.253 e. The van der Waals surface area contributed by atoms with Gasteiger partial charge < -0.3 is 15.4 Å². The summed E-state index contributed by atoms with van der Waals surface area (Å²) in [6.45, 7) is 6.83. The summed E-state index contributed by atoms with van der Waals surface area (Å²) in [6.07, 6.45) is 0.964. The number of anilines is 1. The van der Waals surface area contributed by atoms with Crippen LogP contribution in [-0.4, -0.2) is 31.1 Å². The molecule has 0 radical (unpaired) electrons. The molecule has 0 saturated carbocycles. The highest BCUT2D eigenvalue weighted by atomic mass is 35.5. The van der Waals surface area contributed by atoms with Crippen LogP contribution in [0.25, 0.3) is 0 Å². The Bertz CT molecular complexity index is 518. The number of amides is 2. The molecule has 0 aliphatic rings. The largest absolute Gasteiger partial charge is 0.382 e. The van der Waals surface area contributed by atoms with Crippen LogP contribution in [0.3, 0.4) is 0 Å². The second-order valence-corrected chi connectivity index (χ2v) is 5.60. The lowest BCUT2D eigenvalue weighted by molar-refractivity contribution is -0.116. The molecule has 1 aromatic carbocycles. The fraction of sp³-hybridized carbons (Fsp3) is 0.500. The SMILES string of the molecule is CCOCCCC(=O)Nc1cc(Cl)ccc1C(=O)NC(C)C. The van der Waals surface area contributed by atoms with Gasteiger partial charge in [-0.25, -0.2) is 0 Å². The zero-order chi connectivity index (χ0) is 16.5. The number of benzene rings is 1. The van der Waals surface area contributed by atoms with Crippen molar-refractivity contribution >= 4 is 29.1 Å². The Kier molecular flexibility index (Phi) is 7.91. The monoisotopic (exact) mass is 326 g/mol. The van der Waals surface area contributed by atoms with Gasteiger partial charge in [-0.15, -0.1) is 0 Å². The highest BCUT2D eigenvalue weighted by molar-refractivity contribution is 6.31. The topological polar surface area (TPSA) is 67.4 Å². The number of halogens is 1. The molecule has 0 aliphatic heterocycles. The molecule has 2 N–H and O–H groups in total. The van der Waals surface area contributed by atoms with Crippen molar-refractivity contribution < 1.29 is 14.3 Å². The van der Waals surface area contributed by atoms with E-state index in [1.165, 1.54) is 0 Å². The van der Waals surface area contributed by atoms with E-state index in [0.717, 1.165) is 0 Å². The van der Waals surface area contributed by atoms with Gasteiger partial charge in [0, 0.05) is 30.7 Å². The van der Waals surface area contributed by atoms with Crippen molar-refractivity contribution in [1.29, 1.82) is 0 Å². The third-order valence-corrected chi connectivity index (χ3v) is 3.05. The molecule has 0 spiro atoms. The quantitative estimate of drug-likeness (QED) is 0.721. The lowest BCUT2D eigenvalue weighted by atomic mass is 10.1. The standard InChI is InChI=1S/C16H23ClN2O3/c1-4-22-9-5-6-15(20)19-14-10-12(17)7-8-13(14)16(21)18-11(2)3/h7-8,10-11H,4-6,9H2,1-3H3,(H,18,21)(H,19,20). The smallest absolute Gasteiger partial charge is 0.253 e. The summed E-state index contributed by atoms with van der Waals surface area (Å²) < 4.78 is 5.19. The van der Waals surface area contributed by atoms with E-state index in [9.17, 15) is 9.59 Å². The van der Waals surface area contributed by atoms with E-state index in [-0.39, 0.29) is 17.9 Å². The van der Waals surface area contributed by atoms with Crippen LogP contribution in [-0.2, 0) is 9.53 Å². The highest BCUT2D eigenvalue weighted by Crippen LogP contribution is 2.21. The third kappa shape index (κ3) is 6.45. The molecule has 0 atom stereocenters. The van der Waals surface area contributed by atoms with Crippen molar-refractivity contribution in [3.8, 4) is 0 Å². The molecule has 1 rings (SSSR count). The van der Waals surface area contributed by atoms with Gasteiger partial charge in [-0.05, 0) is 45.4 Å². The van der Waals surface area contributed by atoms with Crippen LogP contribution in [0, 0.1) is 0 Å². The van der Waals surface area contributed by atoms with Crippen LogP contribution in [0.2, 0.25) is 5.02 Å². The van der Waals surface area contributed by atoms with Gasteiger partial charge in [0.25, 0.3) is 5.91 Å². The molecule has 0 fully saturated rings.